The van der Waals surface area contributed by atoms with Crippen LogP contribution in [0.2, 0.25) is 0 Å². The molecule has 0 aliphatic rings. The molecule has 118 valence electrons. The first-order chi connectivity index (χ1) is 10.6. The molecule has 0 saturated heterocycles. The van der Waals surface area contributed by atoms with E-state index in [1.54, 1.807) is 20.9 Å². The van der Waals surface area contributed by atoms with Gasteiger partial charge >= 0.3 is 11.9 Å². The molecular weight excluding hydrogens is 282 g/mol. The summed E-state index contributed by atoms with van der Waals surface area (Å²) in [5, 5.41) is 2.99. The van der Waals surface area contributed by atoms with E-state index in [2.05, 4.69) is 5.32 Å². The Labute approximate surface area is 130 Å². The van der Waals surface area contributed by atoms with E-state index >= 15 is 0 Å². The fourth-order valence-corrected chi connectivity index (χ4v) is 1.84. The van der Waals surface area contributed by atoms with Crippen LogP contribution < -0.4 is 5.32 Å². The molecule has 0 amide bonds. The van der Waals surface area contributed by atoms with Crippen LogP contribution in [0.3, 0.4) is 0 Å². The van der Waals surface area contributed by atoms with Crippen LogP contribution in [0.25, 0.3) is 5.70 Å². The summed E-state index contributed by atoms with van der Waals surface area (Å²) >= 11 is 0. The molecule has 1 aromatic carbocycles. The number of rotatable bonds is 7. The molecule has 0 unspecified atom stereocenters. The number of carbonyl (C=O) groups is 2. The molecule has 5 heteroatoms. The van der Waals surface area contributed by atoms with Gasteiger partial charge in [0.1, 0.15) is 0 Å². The monoisotopic (exact) mass is 303 g/mol. The summed E-state index contributed by atoms with van der Waals surface area (Å²) in [4.78, 5) is 23.6. The first-order valence-electron chi connectivity index (χ1n) is 7.13. The standard InChI is InChI=1S/C17H21NO4/c1-4-21-15(19)12-11-14(17(20)22-5-2)16(18-3)13-9-7-6-8-10-13/h6-12,18H,4-5H2,1-3H3. The van der Waals surface area contributed by atoms with Crippen molar-refractivity contribution in [1.29, 1.82) is 0 Å². The molecule has 0 aromatic heterocycles. The highest BCUT2D eigenvalue weighted by Crippen LogP contribution is 2.18. The zero-order valence-electron chi connectivity index (χ0n) is 13.1. The molecule has 1 rings (SSSR count). The van der Waals surface area contributed by atoms with Crippen molar-refractivity contribution in [3.63, 3.8) is 0 Å². The topological polar surface area (TPSA) is 64.6 Å². The van der Waals surface area contributed by atoms with E-state index in [9.17, 15) is 9.59 Å². The Hall–Kier alpha value is -2.56. The van der Waals surface area contributed by atoms with Gasteiger partial charge in [0, 0.05) is 13.1 Å². The Morgan fingerprint density at radius 2 is 1.68 bits per heavy atom. The van der Waals surface area contributed by atoms with Crippen molar-refractivity contribution in [2.75, 3.05) is 20.3 Å². The highest BCUT2D eigenvalue weighted by Gasteiger charge is 2.15. The number of esters is 2. The van der Waals surface area contributed by atoms with E-state index in [0.717, 1.165) is 5.56 Å². The van der Waals surface area contributed by atoms with Crippen molar-refractivity contribution >= 4 is 17.6 Å². The SMILES string of the molecule is CCOC(=O)C=CC(C(=O)OCC)=C(NC)c1ccccc1. The maximum Gasteiger partial charge on any atom is 0.340 e. The summed E-state index contributed by atoms with van der Waals surface area (Å²) in [5.74, 6) is -1.01. The van der Waals surface area contributed by atoms with Crippen molar-refractivity contribution in [1.82, 2.24) is 5.32 Å². The number of carbonyl (C=O) groups excluding carboxylic acids is 2. The molecule has 0 heterocycles. The van der Waals surface area contributed by atoms with Gasteiger partial charge in [0.2, 0.25) is 0 Å². The first kappa shape index (κ1) is 17.5. The van der Waals surface area contributed by atoms with Gasteiger partial charge in [0.05, 0.1) is 24.5 Å². The third-order valence-corrected chi connectivity index (χ3v) is 2.75. The molecule has 5 nitrogen and oxygen atoms in total. The second-order valence-corrected chi connectivity index (χ2v) is 4.21. The molecule has 0 atom stereocenters. The zero-order valence-corrected chi connectivity index (χ0v) is 13.1. The summed E-state index contributed by atoms with van der Waals surface area (Å²) in [7, 11) is 1.71. The molecule has 0 spiro atoms. The van der Waals surface area contributed by atoms with E-state index in [0.29, 0.717) is 5.70 Å². The third kappa shape index (κ3) is 5.09. The molecule has 0 bridgehead atoms. The smallest absolute Gasteiger partial charge is 0.340 e. The van der Waals surface area contributed by atoms with Crippen molar-refractivity contribution in [3.05, 3.63) is 53.6 Å². The molecule has 22 heavy (non-hydrogen) atoms. The van der Waals surface area contributed by atoms with Gasteiger partial charge in [-0.25, -0.2) is 9.59 Å². The highest BCUT2D eigenvalue weighted by atomic mass is 16.5. The molecule has 1 aromatic rings. The lowest BCUT2D eigenvalue weighted by Gasteiger charge is -2.12. The Balaban J connectivity index is 3.24. The highest BCUT2D eigenvalue weighted by molar-refractivity contribution is 6.01. The van der Waals surface area contributed by atoms with Crippen LogP contribution in [0.15, 0.2) is 48.1 Å². The fraction of sp³-hybridized carbons (Fsp3) is 0.294. The maximum atomic E-state index is 12.2. The Morgan fingerprint density at radius 1 is 1.05 bits per heavy atom. The van der Waals surface area contributed by atoms with Crippen LogP contribution >= 0.6 is 0 Å². The predicted octanol–water partition coefficient (Wildman–Crippen LogP) is 2.30. The summed E-state index contributed by atoms with van der Waals surface area (Å²) in [6.45, 7) is 3.98. The summed E-state index contributed by atoms with van der Waals surface area (Å²) in [5.41, 5.74) is 1.67. The van der Waals surface area contributed by atoms with Crippen molar-refractivity contribution in [2.24, 2.45) is 0 Å². The van der Waals surface area contributed by atoms with Gasteiger partial charge in [-0.15, -0.1) is 0 Å². The van der Waals surface area contributed by atoms with Crippen LogP contribution in [0.1, 0.15) is 19.4 Å². The number of nitrogens with one attached hydrogen (secondary N) is 1. The number of hydrogen-bond donors (Lipinski definition) is 1. The summed E-state index contributed by atoms with van der Waals surface area (Å²) in [6, 6.07) is 9.34. The summed E-state index contributed by atoms with van der Waals surface area (Å²) in [6.07, 6.45) is 2.63. The lowest BCUT2D eigenvalue weighted by Crippen LogP contribution is -2.15. The quantitative estimate of drug-likeness (QED) is 0.476. The Bertz CT molecular complexity index is 561. The van der Waals surface area contributed by atoms with Gasteiger partial charge < -0.3 is 14.8 Å². The van der Waals surface area contributed by atoms with Crippen LogP contribution in [0, 0.1) is 0 Å². The van der Waals surface area contributed by atoms with Crippen LogP contribution in [-0.4, -0.2) is 32.2 Å². The first-order valence-corrected chi connectivity index (χ1v) is 7.13. The van der Waals surface area contributed by atoms with Gasteiger partial charge in [-0.2, -0.15) is 0 Å². The fourth-order valence-electron chi connectivity index (χ4n) is 1.84. The number of ether oxygens (including phenoxy) is 2. The molecular formula is C17H21NO4. The van der Waals surface area contributed by atoms with Gasteiger partial charge in [-0.05, 0) is 25.5 Å². The van der Waals surface area contributed by atoms with Gasteiger partial charge in [-0.3, -0.25) is 0 Å². The van der Waals surface area contributed by atoms with Crippen molar-refractivity contribution in [2.45, 2.75) is 13.8 Å². The lowest BCUT2D eigenvalue weighted by molar-refractivity contribution is -0.138. The second-order valence-electron chi connectivity index (χ2n) is 4.21. The molecule has 0 fully saturated rings. The normalized spacial score (nSPS) is 11.8. The Morgan fingerprint density at radius 3 is 2.23 bits per heavy atom. The average Bonchev–Trinajstić information content (AvgIpc) is 2.52. The maximum absolute atomic E-state index is 12.2. The van der Waals surface area contributed by atoms with Crippen LogP contribution in [0.4, 0.5) is 0 Å². The van der Waals surface area contributed by atoms with E-state index in [1.165, 1.54) is 12.2 Å². The van der Waals surface area contributed by atoms with Crippen LogP contribution in [0.5, 0.6) is 0 Å². The molecule has 0 saturated carbocycles. The summed E-state index contributed by atoms with van der Waals surface area (Å²) < 4.78 is 9.89. The molecule has 1 N–H and O–H groups in total. The number of benzene rings is 1. The zero-order chi connectivity index (χ0) is 16.4. The minimum absolute atomic E-state index is 0.251. The lowest BCUT2D eigenvalue weighted by atomic mass is 10.1. The van der Waals surface area contributed by atoms with Crippen molar-refractivity contribution in [3.8, 4) is 0 Å². The van der Waals surface area contributed by atoms with E-state index in [1.807, 2.05) is 30.3 Å². The minimum atomic E-state index is -0.507. The largest absolute Gasteiger partial charge is 0.463 e. The molecule has 0 radical (unpaired) electrons. The third-order valence-electron chi connectivity index (χ3n) is 2.75. The van der Waals surface area contributed by atoms with E-state index in [4.69, 9.17) is 9.47 Å². The molecule has 0 aliphatic heterocycles. The predicted molar refractivity (Wildman–Crippen MR) is 84.8 cm³/mol. The van der Waals surface area contributed by atoms with E-state index < -0.39 is 11.9 Å². The van der Waals surface area contributed by atoms with Gasteiger partial charge in [-0.1, -0.05) is 30.3 Å². The molecule has 0 aliphatic carbocycles. The minimum Gasteiger partial charge on any atom is -0.463 e. The average molecular weight is 303 g/mol. The van der Waals surface area contributed by atoms with Crippen LogP contribution in [-0.2, 0) is 19.1 Å². The van der Waals surface area contributed by atoms with E-state index in [-0.39, 0.29) is 18.8 Å². The van der Waals surface area contributed by atoms with Crippen molar-refractivity contribution < 1.29 is 19.1 Å². The van der Waals surface area contributed by atoms with Gasteiger partial charge in [0.25, 0.3) is 0 Å². The Kier molecular flexibility index (Phi) is 7.47. The second kappa shape index (κ2) is 9.39. The number of hydrogen-bond acceptors (Lipinski definition) is 5. The van der Waals surface area contributed by atoms with Gasteiger partial charge in [0.15, 0.2) is 0 Å².